The van der Waals surface area contributed by atoms with Gasteiger partial charge in [0.2, 0.25) is 0 Å². The van der Waals surface area contributed by atoms with Gasteiger partial charge in [-0.1, -0.05) is 54.6 Å². The molecule has 4 aromatic rings. The molecule has 0 bridgehead atoms. The summed E-state index contributed by atoms with van der Waals surface area (Å²) in [5, 5.41) is 12.6. The molecule has 1 atom stereocenters. The highest BCUT2D eigenvalue weighted by atomic mass is 16.2. The Hall–Kier alpha value is -3.47. The molecule has 0 aliphatic carbocycles. The lowest BCUT2D eigenvalue weighted by atomic mass is 10.0. The molecule has 4 rings (SSSR count). The average molecular weight is 343 g/mol. The third-order valence-electron chi connectivity index (χ3n) is 4.53. The highest BCUT2D eigenvalue weighted by Gasteiger charge is 2.17. The molecular formula is C21H17N3O2. The number of hydrogen-bond acceptors (Lipinski definition) is 3. The van der Waals surface area contributed by atoms with Crippen LogP contribution in [0.15, 0.2) is 71.5 Å². The van der Waals surface area contributed by atoms with Gasteiger partial charge in [0.1, 0.15) is 0 Å². The number of carbonyl (C=O) groups excluding carboxylic acids is 1. The van der Waals surface area contributed by atoms with Gasteiger partial charge in [-0.25, -0.2) is 5.10 Å². The fourth-order valence-corrected chi connectivity index (χ4v) is 3.11. The van der Waals surface area contributed by atoms with Crippen LogP contribution in [0.1, 0.15) is 29.0 Å². The lowest BCUT2D eigenvalue weighted by Crippen LogP contribution is -2.29. The molecule has 1 amide bonds. The number of aromatic amines is 1. The second-order valence-electron chi connectivity index (χ2n) is 6.25. The highest BCUT2D eigenvalue weighted by Crippen LogP contribution is 2.21. The molecule has 5 nitrogen and oxygen atoms in total. The van der Waals surface area contributed by atoms with E-state index in [1.54, 1.807) is 24.3 Å². The Morgan fingerprint density at radius 1 is 0.962 bits per heavy atom. The standard InChI is InChI=1S/C21H17N3O2/c1-13(15-11-10-14-6-2-3-7-16(14)12-15)22-21(26)19-17-8-4-5-9-18(17)20(25)24-23-19/h2-13H,1H3,(H,22,26)(H,24,25)/t13-/m1/s1. The first-order chi connectivity index (χ1) is 12.6. The molecule has 0 unspecified atom stereocenters. The van der Waals surface area contributed by atoms with Crippen molar-refractivity contribution in [2.45, 2.75) is 13.0 Å². The number of nitrogens with one attached hydrogen (secondary N) is 2. The molecule has 0 spiro atoms. The topological polar surface area (TPSA) is 74.8 Å². The Morgan fingerprint density at radius 3 is 2.46 bits per heavy atom. The summed E-state index contributed by atoms with van der Waals surface area (Å²) in [4.78, 5) is 24.6. The van der Waals surface area contributed by atoms with E-state index in [0.717, 1.165) is 16.3 Å². The maximum atomic E-state index is 12.7. The number of amides is 1. The largest absolute Gasteiger partial charge is 0.344 e. The van der Waals surface area contributed by atoms with E-state index in [2.05, 4.69) is 27.6 Å². The van der Waals surface area contributed by atoms with Gasteiger partial charge in [0.05, 0.1) is 11.4 Å². The Labute approximate surface area is 149 Å². The summed E-state index contributed by atoms with van der Waals surface area (Å²) >= 11 is 0. The smallest absolute Gasteiger partial charge is 0.272 e. The number of nitrogens with zero attached hydrogens (tertiary/aromatic N) is 1. The Morgan fingerprint density at radius 2 is 1.65 bits per heavy atom. The zero-order valence-electron chi connectivity index (χ0n) is 14.2. The Bertz CT molecular complexity index is 1180. The van der Waals surface area contributed by atoms with E-state index in [0.29, 0.717) is 10.8 Å². The fraction of sp³-hybridized carbons (Fsp3) is 0.0952. The number of carbonyl (C=O) groups is 1. The molecule has 1 aromatic heterocycles. The van der Waals surface area contributed by atoms with Gasteiger partial charge in [-0.3, -0.25) is 9.59 Å². The van der Waals surface area contributed by atoms with Crippen molar-refractivity contribution in [3.8, 4) is 0 Å². The van der Waals surface area contributed by atoms with Crippen molar-refractivity contribution < 1.29 is 4.79 Å². The first-order valence-corrected chi connectivity index (χ1v) is 8.40. The Kier molecular flexibility index (Phi) is 3.97. The lowest BCUT2D eigenvalue weighted by molar-refractivity contribution is 0.0935. The number of fused-ring (bicyclic) bond motifs is 2. The molecule has 0 radical (unpaired) electrons. The molecular weight excluding hydrogens is 326 g/mol. The number of aromatic nitrogens is 2. The summed E-state index contributed by atoms with van der Waals surface area (Å²) in [6, 6.07) is 21.0. The highest BCUT2D eigenvalue weighted by molar-refractivity contribution is 6.04. The van der Waals surface area contributed by atoms with Crippen molar-refractivity contribution >= 4 is 27.5 Å². The molecule has 0 saturated carbocycles. The summed E-state index contributed by atoms with van der Waals surface area (Å²) in [6.45, 7) is 1.93. The van der Waals surface area contributed by atoms with E-state index in [1.807, 2.05) is 37.3 Å². The summed E-state index contributed by atoms with van der Waals surface area (Å²) in [5.41, 5.74) is 0.915. The zero-order valence-corrected chi connectivity index (χ0v) is 14.2. The summed E-state index contributed by atoms with van der Waals surface area (Å²) in [7, 11) is 0. The molecule has 0 saturated heterocycles. The van der Waals surface area contributed by atoms with Gasteiger partial charge >= 0.3 is 0 Å². The molecule has 0 aliphatic rings. The van der Waals surface area contributed by atoms with Crippen LogP contribution in [0, 0.1) is 0 Å². The first kappa shape index (κ1) is 16.0. The van der Waals surface area contributed by atoms with Crippen LogP contribution in [-0.2, 0) is 0 Å². The molecule has 3 aromatic carbocycles. The van der Waals surface area contributed by atoms with Crippen LogP contribution in [0.4, 0.5) is 0 Å². The van der Waals surface area contributed by atoms with Crippen LogP contribution in [0.3, 0.4) is 0 Å². The van der Waals surface area contributed by atoms with Gasteiger partial charge in [-0.15, -0.1) is 0 Å². The van der Waals surface area contributed by atoms with E-state index >= 15 is 0 Å². The van der Waals surface area contributed by atoms with Crippen LogP contribution >= 0.6 is 0 Å². The van der Waals surface area contributed by atoms with Gasteiger partial charge < -0.3 is 5.32 Å². The van der Waals surface area contributed by atoms with Gasteiger partial charge in [0.25, 0.3) is 11.5 Å². The quantitative estimate of drug-likeness (QED) is 0.597. The van der Waals surface area contributed by atoms with Crippen LogP contribution < -0.4 is 10.9 Å². The Balaban J connectivity index is 1.65. The molecule has 5 heteroatoms. The minimum absolute atomic E-state index is 0.195. The van der Waals surface area contributed by atoms with E-state index in [-0.39, 0.29) is 23.2 Å². The van der Waals surface area contributed by atoms with Gasteiger partial charge in [0.15, 0.2) is 5.69 Å². The van der Waals surface area contributed by atoms with Crippen molar-refractivity contribution in [1.29, 1.82) is 0 Å². The number of H-pyrrole nitrogens is 1. The SMILES string of the molecule is C[C@@H](NC(=O)c1n[nH]c(=O)c2ccccc12)c1ccc2ccccc2c1. The third kappa shape index (κ3) is 2.84. The second-order valence-corrected chi connectivity index (χ2v) is 6.25. The third-order valence-corrected chi connectivity index (χ3v) is 4.53. The van der Waals surface area contributed by atoms with Crippen molar-refractivity contribution in [1.82, 2.24) is 15.5 Å². The van der Waals surface area contributed by atoms with E-state index in [9.17, 15) is 9.59 Å². The fourth-order valence-electron chi connectivity index (χ4n) is 3.11. The normalized spacial score (nSPS) is 12.2. The summed E-state index contributed by atoms with van der Waals surface area (Å²) < 4.78 is 0. The van der Waals surface area contributed by atoms with Gasteiger partial charge in [-0.05, 0) is 35.4 Å². The maximum absolute atomic E-state index is 12.7. The minimum Gasteiger partial charge on any atom is -0.344 e. The number of rotatable bonds is 3. The van der Waals surface area contributed by atoms with E-state index in [1.165, 1.54) is 0 Å². The van der Waals surface area contributed by atoms with Gasteiger partial charge in [-0.2, -0.15) is 5.10 Å². The first-order valence-electron chi connectivity index (χ1n) is 8.40. The van der Waals surface area contributed by atoms with E-state index in [4.69, 9.17) is 0 Å². The number of hydrogen-bond donors (Lipinski definition) is 2. The maximum Gasteiger partial charge on any atom is 0.272 e. The summed E-state index contributed by atoms with van der Waals surface area (Å²) in [6.07, 6.45) is 0. The van der Waals surface area contributed by atoms with Crippen molar-refractivity contribution in [2.24, 2.45) is 0 Å². The summed E-state index contributed by atoms with van der Waals surface area (Å²) in [5.74, 6) is -0.321. The predicted octanol–water partition coefficient (Wildman–Crippen LogP) is 3.57. The average Bonchev–Trinajstić information content (AvgIpc) is 2.68. The van der Waals surface area contributed by atoms with E-state index < -0.39 is 0 Å². The molecule has 26 heavy (non-hydrogen) atoms. The minimum atomic E-state index is -0.321. The molecule has 128 valence electrons. The monoisotopic (exact) mass is 343 g/mol. The predicted molar refractivity (Wildman–Crippen MR) is 102 cm³/mol. The second kappa shape index (κ2) is 6.44. The van der Waals surface area contributed by atoms with Crippen LogP contribution in [0.2, 0.25) is 0 Å². The molecule has 2 N–H and O–H groups in total. The van der Waals surface area contributed by atoms with Crippen molar-refractivity contribution in [3.05, 3.63) is 88.3 Å². The van der Waals surface area contributed by atoms with Crippen LogP contribution in [0.25, 0.3) is 21.5 Å². The van der Waals surface area contributed by atoms with Crippen molar-refractivity contribution in [3.63, 3.8) is 0 Å². The molecule has 0 aliphatic heterocycles. The van der Waals surface area contributed by atoms with Crippen molar-refractivity contribution in [2.75, 3.05) is 0 Å². The molecule has 0 fully saturated rings. The van der Waals surface area contributed by atoms with Crippen LogP contribution in [0.5, 0.6) is 0 Å². The number of benzene rings is 3. The van der Waals surface area contributed by atoms with Crippen LogP contribution in [-0.4, -0.2) is 16.1 Å². The lowest BCUT2D eigenvalue weighted by Gasteiger charge is -2.15. The van der Waals surface area contributed by atoms with Gasteiger partial charge in [0, 0.05) is 5.39 Å². The molecule has 1 heterocycles. The zero-order chi connectivity index (χ0) is 18.1.